The van der Waals surface area contributed by atoms with E-state index in [1.54, 1.807) is 20.3 Å². The van der Waals surface area contributed by atoms with Gasteiger partial charge in [-0.3, -0.25) is 0 Å². The summed E-state index contributed by atoms with van der Waals surface area (Å²) >= 11 is 0. The van der Waals surface area contributed by atoms with Crippen LogP contribution in [0.5, 0.6) is 11.5 Å². The van der Waals surface area contributed by atoms with Gasteiger partial charge >= 0.3 is 5.97 Å². The maximum atomic E-state index is 11.9. The van der Waals surface area contributed by atoms with Crippen LogP contribution in [0.2, 0.25) is 0 Å². The van der Waals surface area contributed by atoms with Gasteiger partial charge < -0.3 is 14.2 Å². The number of hydrogen-bond donors (Lipinski definition) is 0. The van der Waals surface area contributed by atoms with Crippen molar-refractivity contribution >= 4 is 5.97 Å². The molecule has 0 N–H and O–H groups in total. The molecule has 1 heterocycles. The summed E-state index contributed by atoms with van der Waals surface area (Å²) in [5, 5.41) is 0. The quantitative estimate of drug-likeness (QED) is 0.753. The summed E-state index contributed by atoms with van der Waals surface area (Å²) in [6, 6.07) is 3.57. The van der Waals surface area contributed by atoms with Crippen molar-refractivity contribution in [2.24, 2.45) is 0 Å². The molecule has 0 amide bonds. The minimum atomic E-state index is -0.300. The molecule has 1 unspecified atom stereocenters. The molecule has 2 rings (SSSR count). The molecule has 1 atom stereocenters. The molecule has 0 saturated heterocycles. The first-order valence-electron chi connectivity index (χ1n) is 6.18. The highest BCUT2D eigenvalue weighted by Crippen LogP contribution is 2.41. The van der Waals surface area contributed by atoms with Crippen LogP contribution in [0.15, 0.2) is 12.1 Å². The number of benzene rings is 1. The number of fused-ring (bicyclic) bond motifs is 1. The maximum absolute atomic E-state index is 11.9. The summed E-state index contributed by atoms with van der Waals surface area (Å²) in [6.07, 6.45) is 2.77. The van der Waals surface area contributed by atoms with Crippen LogP contribution in [0.4, 0.5) is 0 Å². The van der Waals surface area contributed by atoms with E-state index in [0.717, 1.165) is 24.8 Å². The molecule has 1 aliphatic rings. The Balaban J connectivity index is 2.41. The molecule has 0 bridgehead atoms. The molecule has 0 aromatic heterocycles. The molecule has 1 aliphatic heterocycles. The number of carbonyl (C=O) groups is 1. The van der Waals surface area contributed by atoms with Crippen LogP contribution in [0.3, 0.4) is 0 Å². The lowest BCUT2D eigenvalue weighted by Crippen LogP contribution is -1.99. The number of hydrogen-bond acceptors (Lipinski definition) is 4. The lowest BCUT2D eigenvalue weighted by molar-refractivity contribution is 0.0362. The number of methoxy groups -OCH3 is 2. The van der Waals surface area contributed by atoms with E-state index in [1.165, 1.54) is 0 Å². The lowest BCUT2D eigenvalue weighted by Gasteiger charge is -2.11. The first kappa shape index (κ1) is 12.7. The fourth-order valence-electron chi connectivity index (χ4n) is 2.22. The van der Waals surface area contributed by atoms with Crippen molar-refractivity contribution in [2.45, 2.75) is 32.3 Å². The minimum absolute atomic E-state index is 0.170. The van der Waals surface area contributed by atoms with E-state index in [4.69, 9.17) is 14.2 Å². The lowest BCUT2D eigenvalue weighted by atomic mass is 10.00. The molecule has 98 valence electrons. The third-order valence-electron chi connectivity index (χ3n) is 3.18. The topological polar surface area (TPSA) is 44.8 Å². The Morgan fingerprint density at radius 3 is 2.67 bits per heavy atom. The third kappa shape index (κ3) is 2.15. The molecule has 0 aliphatic carbocycles. The number of ether oxygens (including phenoxy) is 3. The maximum Gasteiger partial charge on any atom is 0.342 e. The molecule has 4 nitrogen and oxygen atoms in total. The molecule has 0 saturated carbocycles. The third-order valence-corrected chi connectivity index (χ3v) is 3.18. The van der Waals surface area contributed by atoms with Gasteiger partial charge in [0.1, 0.15) is 23.2 Å². The molecular formula is C14H18O4. The molecule has 0 fully saturated rings. The van der Waals surface area contributed by atoms with Crippen LogP contribution >= 0.6 is 0 Å². The first-order valence-corrected chi connectivity index (χ1v) is 6.18. The highest BCUT2D eigenvalue weighted by molar-refractivity contribution is 5.97. The zero-order chi connectivity index (χ0) is 13.1. The van der Waals surface area contributed by atoms with Crippen LogP contribution in [-0.4, -0.2) is 20.2 Å². The van der Waals surface area contributed by atoms with Crippen LogP contribution < -0.4 is 9.47 Å². The van der Waals surface area contributed by atoms with Gasteiger partial charge in [0, 0.05) is 11.6 Å². The van der Waals surface area contributed by atoms with Crippen LogP contribution in [-0.2, 0) is 4.74 Å². The predicted molar refractivity (Wildman–Crippen MR) is 67.2 cm³/mol. The van der Waals surface area contributed by atoms with Gasteiger partial charge in [0.15, 0.2) is 0 Å². The van der Waals surface area contributed by atoms with Crippen LogP contribution in [0, 0.1) is 0 Å². The highest BCUT2D eigenvalue weighted by Gasteiger charge is 2.34. The van der Waals surface area contributed by atoms with Crippen molar-refractivity contribution in [3.05, 3.63) is 23.3 Å². The van der Waals surface area contributed by atoms with E-state index < -0.39 is 0 Å². The Bertz CT molecular complexity index is 453. The zero-order valence-electron chi connectivity index (χ0n) is 11.0. The van der Waals surface area contributed by atoms with Gasteiger partial charge in [-0.05, 0) is 18.9 Å². The Labute approximate surface area is 107 Å². The molecule has 0 radical (unpaired) electrons. The first-order chi connectivity index (χ1) is 8.71. The van der Waals surface area contributed by atoms with Gasteiger partial charge in [0.05, 0.1) is 14.2 Å². The number of esters is 1. The summed E-state index contributed by atoms with van der Waals surface area (Å²) in [5.74, 6) is 0.907. The van der Waals surface area contributed by atoms with Crippen molar-refractivity contribution in [2.75, 3.05) is 14.2 Å². The summed E-state index contributed by atoms with van der Waals surface area (Å²) < 4.78 is 15.9. The average Bonchev–Trinajstić information content (AvgIpc) is 2.72. The number of cyclic esters (lactones) is 1. The smallest absolute Gasteiger partial charge is 0.342 e. The monoisotopic (exact) mass is 250 g/mol. The molecule has 4 heteroatoms. The van der Waals surface area contributed by atoms with Gasteiger partial charge in [0.2, 0.25) is 0 Å². The fourth-order valence-corrected chi connectivity index (χ4v) is 2.22. The summed E-state index contributed by atoms with van der Waals surface area (Å²) in [5.41, 5.74) is 1.42. The van der Waals surface area contributed by atoms with Gasteiger partial charge in [0.25, 0.3) is 0 Å². The largest absolute Gasteiger partial charge is 0.497 e. The molecule has 18 heavy (non-hydrogen) atoms. The highest BCUT2D eigenvalue weighted by atomic mass is 16.6. The van der Waals surface area contributed by atoms with Crippen molar-refractivity contribution in [3.8, 4) is 11.5 Å². The van der Waals surface area contributed by atoms with Gasteiger partial charge in [-0.1, -0.05) is 13.3 Å². The second-order valence-electron chi connectivity index (χ2n) is 4.33. The Morgan fingerprint density at radius 2 is 2.06 bits per heavy atom. The van der Waals surface area contributed by atoms with Gasteiger partial charge in [-0.25, -0.2) is 4.79 Å². The fraction of sp³-hybridized carbons (Fsp3) is 0.500. The SMILES string of the molecule is CCCCC1OC(=O)c2c(OC)cc(OC)cc21. The van der Waals surface area contributed by atoms with E-state index in [1.807, 2.05) is 6.07 Å². The summed E-state index contributed by atoms with van der Waals surface area (Å²) in [6.45, 7) is 2.11. The van der Waals surface area contributed by atoms with Crippen molar-refractivity contribution in [1.29, 1.82) is 0 Å². The van der Waals surface area contributed by atoms with E-state index in [0.29, 0.717) is 17.1 Å². The average molecular weight is 250 g/mol. The van der Waals surface area contributed by atoms with Crippen molar-refractivity contribution < 1.29 is 19.0 Å². The predicted octanol–water partition coefficient (Wildman–Crippen LogP) is 3.11. The second-order valence-corrected chi connectivity index (χ2v) is 4.33. The van der Waals surface area contributed by atoms with Gasteiger partial charge in [-0.15, -0.1) is 0 Å². The Morgan fingerprint density at radius 1 is 1.28 bits per heavy atom. The van der Waals surface area contributed by atoms with E-state index in [9.17, 15) is 4.79 Å². The number of carbonyl (C=O) groups excluding carboxylic acids is 1. The number of rotatable bonds is 5. The van der Waals surface area contributed by atoms with Crippen LogP contribution in [0.25, 0.3) is 0 Å². The molecule has 1 aromatic carbocycles. The number of unbranched alkanes of at least 4 members (excludes halogenated alkanes) is 1. The zero-order valence-corrected chi connectivity index (χ0v) is 11.0. The summed E-state index contributed by atoms with van der Waals surface area (Å²) in [7, 11) is 3.14. The van der Waals surface area contributed by atoms with E-state index in [-0.39, 0.29) is 12.1 Å². The standard InChI is InChI=1S/C14H18O4/c1-4-5-6-11-10-7-9(16-2)8-12(17-3)13(10)14(15)18-11/h7-8,11H,4-6H2,1-3H3. The van der Waals surface area contributed by atoms with Gasteiger partial charge in [-0.2, -0.15) is 0 Å². The van der Waals surface area contributed by atoms with E-state index >= 15 is 0 Å². The minimum Gasteiger partial charge on any atom is -0.497 e. The normalized spacial score (nSPS) is 17.3. The molecule has 0 spiro atoms. The van der Waals surface area contributed by atoms with Crippen LogP contribution in [0.1, 0.15) is 48.2 Å². The Hall–Kier alpha value is -1.71. The Kier molecular flexibility index (Phi) is 3.75. The van der Waals surface area contributed by atoms with Crippen molar-refractivity contribution in [3.63, 3.8) is 0 Å². The second kappa shape index (κ2) is 5.29. The summed E-state index contributed by atoms with van der Waals surface area (Å²) in [4.78, 5) is 11.9. The molecular weight excluding hydrogens is 232 g/mol. The van der Waals surface area contributed by atoms with Crippen molar-refractivity contribution in [1.82, 2.24) is 0 Å². The molecule has 1 aromatic rings. The van der Waals surface area contributed by atoms with E-state index in [2.05, 4.69) is 6.92 Å².